The molecule has 0 bridgehead atoms. The van der Waals surface area contributed by atoms with E-state index in [1.807, 2.05) is 37.5 Å². The third-order valence-electron chi connectivity index (χ3n) is 4.88. The number of benzene rings is 2. The van der Waals surface area contributed by atoms with Crippen LogP contribution in [0.1, 0.15) is 31.3 Å². The number of aryl methyl sites for hydroxylation is 1. The fourth-order valence-corrected chi connectivity index (χ4v) is 4.26. The van der Waals surface area contributed by atoms with Crippen LogP contribution in [0.15, 0.2) is 41.6 Å². The van der Waals surface area contributed by atoms with Crippen LogP contribution >= 0.6 is 23.4 Å². The first-order valence-electron chi connectivity index (χ1n) is 10.4. The molecule has 1 N–H and O–H groups in total. The van der Waals surface area contributed by atoms with E-state index in [0.29, 0.717) is 39.7 Å². The first-order chi connectivity index (χ1) is 15.9. The van der Waals surface area contributed by atoms with E-state index in [0.717, 1.165) is 11.3 Å². The average molecular weight is 491 g/mol. The van der Waals surface area contributed by atoms with Gasteiger partial charge in [-0.15, -0.1) is 10.2 Å². The summed E-state index contributed by atoms with van der Waals surface area (Å²) in [6, 6.07) is 10.7. The van der Waals surface area contributed by atoms with Gasteiger partial charge in [-0.1, -0.05) is 23.4 Å². The van der Waals surface area contributed by atoms with Crippen molar-refractivity contribution in [3.05, 3.63) is 52.8 Å². The highest BCUT2D eigenvalue weighted by molar-refractivity contribution is 7.99. The van der Waals surface area contributed by atoms with E-state index in [9.17, 15) is 4.79 Å². The highest BCUT2D eigenvalue weighted by Crippen LogP contribution is 2.30. The Morgan fingerprint density at radius 1 is 1.15 bits per heavy atom. The van der Waals surface area contributed by atoms with Crippen LogP contribution in [0, 0.1) is 6.92 Å². The molecule has 0 spiro atoms. The normalized spacial score (nSPS) is 11.7. The number of nitrogens with zero attached hydrogens (tertiary/aromatic N) is 3. The van der Waals surface area contributed by atoms with E-state index in [1.165, 1.54) is 11.8 Å². The first kappa shape index (κ1) is 24.7. The maximum absolute atomic E-state index is 12.6. The Morgan fingerprint density at radius 2 is 1.91 bits per heavy atom. The maximum atomic E-state index is 12.6. The molecule has 0 radical (unpaired) electrons. The summed E-state index contributed by atoms with van der Waals surface area (Å²) in [7, 11) is 3.11. The number of carbonyl (C=O) groups excluding carboxylic acids is 1. The van der Waals surface area contributed by atoms with E-state index >= 15 is 0 Å². The van der Waals surface area contributed by atoms with Crippen LogP contribution in [0.4, 0.5) is 5.69 Å². The zero-order valence-electron chi connectivity index (χ0n) is 19.2. The lowest BCUT2D eigenvalue weighted by molar-refractivity contribution is -0.113. The van der Waals surface area contributed by atoms with Crippen LogP contribution in [0.3, 0.4) is 0 Å². The molecule has 2 aromatic carbocycles. The van der Waals surface area contributed by atoms with Gasteiger partial charge >= 0.3 is 0 Å². The molecule has 1 amide bonds. The quantitative estimate of drug-likeness (QED) is 0.393. The zero-order valence-corrected chi connectivity index (χ0v) is 20.8. The van der Waals surface area contributed by atoms with E-state index < -0.39 is 0 Å². The van der Waals surface area contributed by atoms with Gasteiger partial charge in [0.15, 0.2) is 17.1 Å². The van der Waals surface area contributed by atoms with E-state index in [4.69, 9.17) is 25.8 Å². The summed E-state index contributed by atoms with van der Waals surface area (Å²) in [5, 5.41) is 12.8. The van der Waals surface area contributed by atoms with Gasteiger partial charge in [0.1, 0.15) is 17.2 Å². The van der Waals surface area contributed by atoms with Crippen molar-refractivity contribution in [1.82, 2.24) is 14.8 Å². The van der Waals surface area contributed by atoms with Crippen LogP contribution in [0.25, 0.3) is 0 Å². The summed E-state index contributed by atoms with van der Waals surface area (Å²) < 4.78 is 18.6. The van der Waals surface area contributed by atoms with Gasteiger partial charge in [-0.05, 0) is 56.7 Å². The lowest BCUT2D eigenvalue weighted by Crippen LogP contribution is -2.16. The molecule has 0 aliphatic carbocycles. The molecule has 0 saturated heterocycles. The molecule has 0 saturated carbocycles. The smallest absolute Gasteiger partial charge is 0.234 e. The van der Waals surface area contributed by atoms with Crippen molar-refractivity contribution in [2.45, 2.75) is 38.6 Å². The molecule has 8 nitrogen and oxygen atoms in total. The van der Waals surface area contributed by atoms with Gasteiger partial charge in [0.2, 0.25) is 5.91 Å². The Kier molecular flexibility index (Phi) is 8.46. The van der Waals surface area contributed by atoms with Crippen LogP contribution < -0.4 is 19.5 Å². The summed E-state index contributed by atoms with van der Waals surface area (Å²) >= 11 is 7.34. The topological polar surface area (TPSA) is 87.5 Å². The molecular weight excluding hydrogens is 464 g/mol. The Morgan fingerprint density at radius 3 is 2.58 bits per heavy atom. The number of aromatic nitrogens is 3. The van der Waals surface area contributed by atoms with Crippen molar-refractivity contribution < 1.29 is 19.0 Å². The molecule has 0 aliphatic rings. The minimum absolute atomic E-state index is 0.157. The van der Waals surface area contributed by atoms with Crippen molar-refractivity contribution in [1.29, 1.82) is 0 Å². The highest BCUT2D eigenvalue weighted by atomic mass is 35.5. The Bertz CT molecular complexity index is 1120. The number of carbonyl (C=O) groups is 1. The molecule has 176 valence electrons. The van der Waals surface area contributed by atoms with Gasteiger partial charge in [0.25, 0.3) is 0 Å². The monoisotopic (exact) mass is 490 g/mol. The van der Waals surface area contributed by atoms with E-state index in [-0.39, 0.29) is 17.8 Å². The lowest BCUT2D eigenvalue weighted by Gasteiger charge is -2.17. The van der Waals surface area contributed by atoms with Gasteiger partial charge in [0, 0.05) is 17.6 Å². The standard InChI is InChI=1S/C23H27ClN4O4S/c1-6-28-22(15(3)32-19-9-7-16(24)11-14(19)2)26-27-23(28)33-13-21(29)25-18-12-17(30-4)8-10-20(18)31-5/h7-12,15H,6,13H2,1-5H3,(H,25,29). The van der Waals surface area contributed by atoms with Crippen LogP contribution in [-0.2, 0) is 11.3 Å². The molecule has 3 aromatic rings. The number of ether oxygens (including phenoxy) is 3. The number of amides is 1. The second kappa shape index (κ2) is 11.3. The molecule has 1 aromatic heterocycles. The highest BCUT2D eigenvalue weighted by Gasteiger charge is 2.20. The number of halogens is 1. The molecule has 0 fully saturated rings. The Balaban J connectivity index is 1.67. The van der Waals surface area contributed by atoms with Gasteiger partial charge in [-0.3, -0.25) is 4.79 Å². The van der Waals surface area contributed by atoms with Crippen molar-refractivity contribution >= 4 is 35.0 Å². The number of rotatable bonds is 10. The Labute approximate surface area is 202 Å². The summed E-state index contributed by atoms with van der Waals surface area (Å²) in [6.45, 7) is 6.50. The predicted octanol–water partition coefficient (Wildman–Crippen LogP) is 5.15. The SMILES string of the molecule is CCn1c(SCC(=O)Nc2cc(OC)ccc2OC)nnc1C(C)Oc1ccc(Cl)cc1C. The molecule has 33 heavy (non-hydrogen) atoms. The third kappa shape index (κ3) is 6.11. The van der Waals surface area contributed by atoms with Crippen molar-refractivity contribution in [2.75, 3.05) is 25.3 Å². The van der Waals surface area contributed by atoms with Gasteiger partial charge in [-0.25, -0.2) is 0 Å². The Hall–Kier alpha value is -2.91. The zero-order chi connectivity index (χ0) is 24.0. The fraction of sp³-hybridized carbons (Fsp3) is 0.348. The number of hydrogen-bond acceptors (Lipinski definition) is 7. The first-order valence-corrected chi connectivity index (χ1v) is 11.7. The van der Waals surface area contributed by atoms with E-state index in [1.54, 1.807) is 38.5 Å². The van der Waals surface area contributed by atoms with Gasteiger partial charge in [-0.2, -0.15) is 0 Å². The molecular formula is C23H27ClN4O4S. The molecule has 1 unspecified atom stereocenters. The summed E-state index contributed by atoms with van der Waals surface area (Å²) in [5.74, 6) is 2.56. The second-order valence-corrected chi connectivity index (χ2v) is 8.54. The predicted molar refractivity (Wildman–Crippen MR) is 130 cm³/mol. The largest absolute Gasteiger partial charge is 0.497 e. The average Bonchev–Trinajstić information content (AvgIpc) is 3.22. The van der Waals surface area contributed by atoms with Crippen molar-refractivity contribution in [3.8, 4) is 17.2 Å². The van der Waals surface area contributed by atoms with Crippen LogP contribution in [0.2, 0.25) is 5.02 Å². The molecule has 0 aliphatic heterocycles. The van der Waals surface area contributed by atoms with E-state index in [2.05, 4.69) is 15.5 Å². The molecule has 1 atom stereocenters. The van der Waals surface area contributed by atoms with Gasteiger partial charge in [0.05, 0.1) is 25.7 Å². The van der Waals surface area contributed by atoms with Crippen molar-refractivity contribution in [2.24, 2.45) is 0 Å². The third-order valence-corrected chi connectivity index (χ3v) is 6.08. The second-order valence-electron chi connectivity index (χ2n) is 7.16. The maximum Gasteiger partial charge on any atom is 0.234 e. The number of anilines is 1. The number of methoxy groups -OCH3 is 2. The minimum Gasteiger partial charge on any atom is -0.497 e. The van der Waals surface area contributed by atoms with Crippen LogP contribution in [0.5, 0.6) is 17.2 Å². The van der Waals surface area contributed by atoms with Crippen molar-refractivity contribution in [3.63, 3.8) is 0 Å². The van der Waals surface area contributed by atoms with Gasteiger partial charge < -0.3 is 24.1 Å². The number of hydrogen-bond donors (Lipinski definition) is 1. The summed E-state index contributed by atoms with van der Waals surface area (Å²) in [5.41, 5.74) is 1.48. The summed E-state index contributed by atoms with van der Waals surface area (Å²) in [6.07, 6.45) is -0.332. The lowest BCUT2D eigenvalue weighted by atomic mass is 10.2. The minimum atomic E-state index is -0.332. The molecule has 10 heteroatoms. The molecule has 3 rings (SSSR count). The fourth-order valence-electron chi connectivity index (χ4n) is 3.22. The summed E-state index contributed by atoms with van der Waals surface area (Å²) in [4.78, 5) is 12.6. The number of nitrogens with one attached hydrogen (secondary N) is 1. The number of thioether (sulfide) groups is 1. The van der Waals surface area contributed by atoms with Crippen LogP contribution in [-0.4, -0.2) is 40.6 Å². The molecule has 1 heterocycles.